The van der Waals surface area contributed by atoms with Crippen LogP contribution < -0.4 is 5.32 Å². The van der Waals surface area contributed by atoms with E-state index in [9.17, 15) is 0 Å². The monoisotopic (exact) mass is 251 g/mol. The summed E-state index contributed by atoms with van der Waals surface area (Å²) in [5, 5.41) is 3.55. The Kier molecular flexibility index (Phi) is 5.91. The topological polar surface area (TPSA) is 12.0 Å². The molecule has 1 fully saturated rings. The molecule has 0 aromatic rings. The molecule has 1 saturated carbocycles. The zero-order valence-corrected chi connectivity index (χ0v) is 13.3. The minimum atomic E-state index is 0.246. The molecule has 106 valence electrons. The predicted octanol–water partition coefficient (Wildman–Crippen LogP) is 4.78. The third-order valence-corrected chi connectivity index (χ3v) is 4.09. The summed E-state index contributed by atoms with van der Waals surface area (Å²) in [7, 11) is 0. The molecule has 1 N–H and O–H groups in total. The SMILES string of the molecule is CC(=CCCNC(C)(C)C)C1CC(C)CC(C)C1. The van der Waals surface area contributed by atoms with Crippen LogP contribution in [0.15, 0.2) is 11.6 Å². The van der Waals surface area contributed by atoms with Crippen molar-refractivity contribution in [3.05, 3.63) is 11.6 Å². The first-order valence-electron chi connectivity index (χ1n) is 7.69. The van der Waals surface area contributed by atoms with Crippen LogP contribution in [0.4, 0.5) is 0 Å². The Balaban J connectivity index is 2.36. The summed E-state index contributed by atoms with van der Waals surface area (Å²) >= 11 is 0. The molecule has 1 nitrogen and oxygen atoms in total. The van der Waals surface area contributed by atoms with Gasteiger partial charge in [0.25, 0.3) is 0 Å². The Morgan fingerprint density at radius 2 is 1.67 bits per heavy atom. The van der Waals surface area contributed by atoms with Gasteiger partial charge in [-0.2, -0.15) is 0 Å². The molecule has 0 bridgehead atoms. The van der Waals surface area contributed by atoms with Crippen molar-refractivity contribution in [3.8, 4) is 0 Å². The van der Waals surface area contributed by atoms with Crippen molar-refractivity contribution in [1.82, 2.24) is 5.32 Å². The average molecular weight is 251 g/mol. The smallest absolute Gasteiger partial charge is 0.00966 e. The van der Waals surface area contributed by atoms with E-state index in [2.05, 4.69) is 52.9 Å². The second kappa shape index (κ2) is 6.75. The largest absolute Gasteiger partial charge is 0.312 e. The van der Waals surface area contributed by atoms with E-state index in [-0.39, 0.29) is 5.54 Å². The highest BCUT2D eigenvalue weighted by molar-refractivity contribution is 5.05. The Labute approximate surface area is 114 Å². The standard InChI is InChI=1S/C17H33N/c1-13-10-14(2)12-16(11-13)15(3)8-7-9-18-17(4,5)6/h8,13-14,16,18H,7,9-12H2,1-6H3. The van der Waals surface area contributed by atoms with Crippen molar-refractivity contribution >= 4 is 0 Å². The van der Waals surface area contributed by atoms with Gasteiger partial charge in [-0.15, -0.1) is 0 Å². The Morgan fingerprint density at radius 1 is 1.11 bits per heavy atom. The van der Waals surface area contributed by atoms with E-state index >= 15 is 0 Å². The van der Waals surface area contributed by atoms with Gasteiger partial charge in [-0.1, -0.05) is 25.5 Å². The van der Waals surface area contributed by atoms with E-state index < -0.39 is 0 Å². The first-order valence-corrected chi connectivity index (χ1v) is 7.69. The molecule has 0 saturated heterocycles. The van der Waals surface area contributed by atoms with Crippen molar-refractivity contribution in [3.63, 3.8) is 0 Å². The van der Waals surface area contributed by atoms with E-state index in [1.54, 1.807) is 5.57 Å². The van der Waals surface area contributed by atoms with Gasteiger partial charge in [0.05, 0.1) is 0 Å². The normalized spacial score (nSPS) is 30.6. The van der Waals surface area contributed by atoms with Gasteiger partial charge in [0.15, 0.2) is 0 Å². The highest BCUT2D eigenvalue weighted by Crippen LogP contribution is 2.36. The van der Waals surface area contributed by atoms with Crippen LogP contribution in [-0.2, 0) is 0 Å². The van der Waals surface area contributed by atoms with Crippen LogP contribution in [0.5, 0.6) is 0 Å². The van der Waals surface area contributed by atoms with Crippen molar-refractivity contribution in [2.75, 3.05) is 6.54 Å². The van der Waals surface area contributed by atoms with Crippen LogP contribution in [-0.4, -0.2) is 12.1 Å². The van der Waals surface area contributed by atoms with Crippen LogP contribution in [0.3, 0.4) is 0 Å². The maximum atomic E-state index is 3.55. The third-order valence-electron chi connectivity index (χ3n) is 4.09. The van der Waals surface area contributed by atoms with Gasteiger partial charge >= 0.3 is 0 Å². The first-order chi connectivity index (χ1) is 8.28. The van der Waals surface area contributed by atoms with Gasteiger partial charge in [0.2, 0.25) is 0 Å². The minimum Gasteiger partial charge on any atom is -0.312 e. The summed E-state index contributed by atoms with van der Waals surface area (Å²) in [5.74, 6) is 2.67. The number of hydrogen-bond donors (Lipinski definition) is 1. The summed E-state index contributed by atoms with van der Waals surface area (Å²) in [6.07, 6.45) is 7.87. The lowest BCUT2D eigenvalue weighted by Gasteiger charge is -2.32. The van der Waals surface area contributed by atoms with Gasteiger partial charge in [-0.25, -0.2) is 0 Å². The molecule has 1 aliphatic rings. The Morgan fingerprint density at radius 3 is 2.17 bits per heavy atom. The van der Waals surface area contributed by atoms with E-state index in [4.69, 9.17) is 0 Å². The van der Waals surface area contributed by atoms with Crippen LogP contribution >= 0.6 is 0 Å². The fraction of sp³-hybridized carbons (Fsp3) is 0.882. The lowest BCUT2D eigenvalue weighted by atomic mass is 9.74. The number of hydrogen-bond acceptors (Lipinski definition) is 1. The van der Waals surface area contributed by atoms with Gasteiger partial charge in [0, 0.05) is 5.54 Å². The molecule has 18 heavy (non-hydrogen) atoms. The molecule has 0 radical (unpaired) electrons. The summed E-state index contributed by atoms with van der Waals surface area (Å²) in [4.78, 5) is 0. The van der Waals surface area contributed by atoms with Crippen LogP contribution in [0.1, 0.15) is 67.2 Å². The van der Waals surface area contributed by atoms with Gasteiger partial charge in [0.1, 0.15) is 0 Å². The molecular weight excluding hydrogens is 218 g/mol. The second-order valence-electron chi connectivity index (χ2n) is 7.53. The lowest BCUT2D eigenvalue weighted by molar-refractivity contribution is 0.243. The maximum absolute atomic E-state index is 3.55. The summed E-state index contributed by atoms with van der Waals surface area (Å²) in [6.45, 7) is 15.0. The third kappa shape index (κ3) is 6.04. The highest BCUT2D eigenvalue weighted by atomic mass is 14.9. The summed E-state index contributed by atoms with van der Waals surface area (Å²) in [6, 6.07) is 0. The zero-order valence-electron chi connectivity index (χ0n) is 13.3. The van der Waals surface area contributed by atoms with Gasteiger partial charge in [-0.05, 0) is 77.7 Å². The first kappa shape index (κ1) is 15.8. The molecular formula is C17H33N. The van der Waals surface area contributed by atoms with Gasteiger partial charge in [-0.3, -0.25) is 0 Å². The van der Waals surface area contributed by atoms with E-state index in [1.165, 1.54) is 25.7 Å². The molecule has 0 heterocycles. The fourth-order valence-electron chi connectivity index (χ4n) is 3.23. The quantitative estimate of drug-likeness (QED) is 0.560. The molecule has 1 rings (SSSR count). The van der Waals surface area contributed by atoms with Crippen molar-refractivity contribution in [1.29, 1.82) is 0 Å². The molecule has 0 aliphatic heterocycles. The summed E-state index contributed by atoms with van der Waals surface area (Å²) in [5.41, 5.74) is 1.87. The number of nitrogens with one attached hydrogen (secondary N) is 1. The molecule has 0 spiro atoms. The van der Waals surface area contributed by atoms with Crippen LogP contribution in [0.25, 0.3) is 0 Å². The molecule has 2 atom stereocenters. The molecule has 0 aromatic heterocycles. The summed E-state index contributed by atoms with van der Waals surface area (Å²) < 4.78 is 0. The molecule has 0 aromatic carbocycles. The van der Waals surface area contributed by atoms with Crippen LogP contribution in [0.2, 0.25) is 0 Å². The van der Waals surface area contributed by atoms with Crippen molar-refractivity contribution in [2.45, 2.75) is 72.8 Å². The lowest BCUT2D eigenvalue weighted by Crippen LogP contribution is -2.36. The minimum absolute atomic E-state index is 0.246. The Bertz CT molecular complexity index is 262. The zero-order chi connectivity index (χ0) is 13.8. The van der Waals surface area contributed by atoms with Crippen molar-refractivity contribution in [2.24, 2.45) is 17.8 Å². The maximum Gasteiger partial charge on any atom is 0.00966 e. The fourth-order valence-corrected chi connectivity index (χ4v) is 3.23. The Hall–Kier alpha value is -0.300. The molecule has 1 aliphatic carbocycles. The second-order valence-corrected chi connectivity index (χ2v) is 7.53. The van der Waals surface area contributed by atoms with Gasteiger partial charge < -0.3 is 5.32 Å². The van der Waals surface area contributed by atoms with Crippen molar-refractivity contribution < 1.29 is 0 Å². The molecule has 1 heteroatoms. The van der Waals surface area contributed by atoms with E-state index in [0.717, 1.165) is 24.3 Å². The average Bonchev–Trinajstić information content (AvgIpc) is 2.21. The van der Waals surface area contributed by atoms with E-state index in [0.29, 0.717) is 0 Å². The number of rotatable bonds is 4. The molecule has 0 amide bonds. The molecule has 2 unspecified atom stereocenters. The predicted molar refractivity (Wildman–Crippen MR) is 81.8 cm³/mol. The van der Waals surface area contributed by atoms with Crippen LogP contribution in [0, 0.1) is 17.8 Å². The van der Waals surface area contributed by atoms with E-state index in [1.807, 2.05) is 0 Å². The number of allylic oxidation sites excluding steroid dienone is 1. The highest BCUT2D eigenvalue weighted by Gasteiger charge is 2.24.